The minimum atomic E-state index is -0.917. The van der Waals surface area contributed by atoms with Gasteiger partial charge in [-0.1, -0.05) is 61.3 Å². The van der Waals surface area contributed by atoms with E-state index in [9.17, 15) is 15.2 Å². The quantitative estimate of drug-likeness (QED) is 0.280. The number of nitro groups is 1. The van der Waals surface area contributed by atoms with Crippen LogP contribution < -0.4 is 4.74 Å². The average molecular weight is 512 g/mol. The monoisotopic (exact) mass is 511 g/mol. The molecular weight excluding hydrogens is 478 g/mol. The molecule has 36 heavy (non-hydrogen) atoms. The second kappa shape index (κ2) is 11.6. The zero-order chi connectivity index (χ0) is 25.7. The molecule has 7 nitrogen and oxygen atoms in total. The lowest BCUT2D eigenvalue weighted by molar-refractivity contribution is -0.384. The average Bonchev–Trinajstić information content (AvgIpc) is 2.88. The molecule has 0 saturated carbocycles. The predicted octanol–water partition coefficient (Wildman–Crippen LogP) is 5.65. The molecule has 1 aliphatic rings. The molecule has 1 aliphatic heterocycles. The van der Waals surface area contributed by atoms with E-state index in [0.29, 0.717) is 23.6 Å². The van der Waals surface area contributed by atoms with E-state index >= 15 is 0 Å². The molecule has 0 aromatic heterocycles. The van der Waals surface area contributed by atoms with Crippen molar-refractivity contribution >= 4 is 28.1 Å². The fraction of sp³-hybridized carbons (Fsp3) is 0.429. The topological polar surface area (TPSA) is 79.1 Å². The number of piperazine rings is 1. The van der Waals surface area contributed by atoms with Crippen molar-refractivity contribution in [2.75, 3.05) is 33.3 Å². The Hall–Kier alpha value is -2.71. The van der Waals surface area contributed by atoms with Gasteiger partial charge in [-0.05, 0) is 35.4 Å². The predicted molar refractivity (Wildman–Crippen MR) is 144 cm³/mol. The van der Waals surface area contributed by atoms with Gasteiger partial charge in [0.1, 0.15) is 11.5 Å². The summed E-state index contributed by atoms with van der Waals surface area (Å²) < 4.78 is 5.34. The summed E-state index contributed by atoms with van der Waals surface area (Å²) in [6.07, 6.45) is 3.24. The molecule has 1 saturated heterocycles. The summed E-state index contributed by atoms with van der Waals surface area (Å²) in [5.41, 5.74) is 1.33. The molecule has 0 amide bonds. The Labute approximate surface area is 217 Å². The van der Waals surface area contributed by atoms with Gasteiger partial charge < -0.3 is 9.84 Å². The minimum absolute atomic E-state index is 0.111. The molecule has 1 fully saturated rings. The third-order valence-electron chi connectivity index (χ3n) is 7.14. The van der Waals surface area contributed by atoms with E-state index in [1.165, 1.54) is 0 Å². The number of halogens is 1. The van der Waals surface area contributed by atoms with Crippen molar-refractivity contribution in [2.45, 2.75) is 44.9 Å². The number of unbranched alkanes of at least 4 members (excludes halogenated alkanes) is 1. The van der Waals surface area contributed by atoms with E-state index in [1.807, 2.05) is 30.3 Å². The fourth-order valence-corrected chi connectivity index (χ4v) is 5.35. The van der Waals surface area contributed by atoms with Crippen molar-refractivity contribution in [3.63, 3.8) is 0 Å². The fourth-order valence-electron chi connectivity index (χ4n) is 5.04. The Morgan fingerprint density at radius 3 is 2.39 bits per heavy atom. The van der Waals surface area contributed by atoms with Crippen LogP contribution in [0.3, 0.4) is 0 Å². The Bertz CT molecular complexity index is 1200. The molecule has 8 heteroatoms. The van der Waals surface area contributed by atoms with E-state index in [4.69, 9.17) is 16.3 Å². The number of non-ortho nitro benzene ring substituents is 1. The maximum atomic E-state index is 11.9. The summed E-state index contributed by atoms with van der Waals surface area (Å²) in [5, 5.41) is 25.4. The first-order valence-corrected chi connectivity index (χ1v) is 12.9. The van der Waals surface area contributed by atoms with Gasteiger partial charge in [0.05, 0.1) is 17.1 Å². The molecule has 0 radical (unpaired) electrons. The zero-order valence-corrected chi connectivity index (χ0v) is 21.7. The summed E-state index contributed by atoms with van der Waals surface area (Å²) in [6, 6.07) is 16.8. The molecule has 0 spiro atoms. The lowest BCUT2D eigenvalue weighted by Crippen LogP contribution is -2.58. The molecule has 1 N–H and O–H groups in total. The minimum Gasteiger partial charge on any atom is -0.495 e. The van der Waals surface area contributed by atoms with Gasteiger partial charge in [-0.15, -0.1) is 0 Å². The van der Waals surface area contributed by atoms with Gasteiger partial charge in [-0.25, -0.2) is 0 Å². The third kappa shape index (κ3) is 5.98. The van der Waals surface area contributed by atoms with E-state index in [0.717, 1.165) is 67.5 Å². The van der Waals surface area contributed by atoms with Gasteiger partial charge >= 0.3 is 0 Å². The highest BCUT2D eigenvalue weighted by molar-refractivity contribution is 6.37. The molecule has 4 rings (SSSR count). The van der Waals surface area contributed by atoms with Gasteiger partial charge in [0.15, 0.2) is 0 Å². The standard InChI is InChI=1S/C28H34ClN3O4/c1-3-4-13-28(33,19-22-7-11-25-23(18-22)8-12-26(36-2)27(25)29)31-16-14-30(15-17-31)20-21-5-9-24(10-6-21)32(34)35/h5-12,18,33H,3-4,13-17,19-20H2,1-2H3. The Balaban J connectivity index is 1.44. The van der Waals surface area contributed by atoms with Gasteiger partial charge in [-0.2, -0.15) is 0 Å². The second-order valence-electron chi connectivity index (χ2n) is 9.59. The highest BCUT2D eigenvalue weighted by Crippen LogP contribution is 2.34. The van der Waals surface area contributed by atoms with Crippen LogP contribution in [0, 0.1) is 10.1 Å². The molecule has 1 atom stereocenters. The van der Waals surface area contributed by atoms with Crippen LogP contribution in [0.2, 0.25) is 5.02 Å². The summed E-state index contributed by atoms with van der Waals surface area (Å²) in [6.45, 7) is 6.09. The maximum Gasteiger partial charge on any atom is 0.269 e. The first-order chi connectivity index (χ1) is 17.3. The van der Waals surface area contributed by atoms with Crippen LogP contribution in [0.5, 0.6) is 5.75 Å². The van der Waals surface area contributed by atoms with Crippen molar-refractivity contribution < 1.29 is 14.8 Å². The van der Waals surface area contributed by atoms with E-state index < -0.39 is 5.72 Å². The summed E-state index contributed by atoms with van der Waals surface area (Å²) >= 11 is 6.49. The van der Waals surface area contributed by atoms with E-state index in [2.05, 4.69) is 28.9 Å². The van der Waals surface area contributed by atoms with Gasteiger partial charge in [-0.3, -0.25) is 19.9 Å². The number of aliphatic hydroxyl groups is 1. The second-order valence-corrected chi connectivity index (χ2v) is 9.96. The van der Waals surface area contributed by atoms with Crippen LogP contribution in [0.15, 0.2) is 54.6 Å². The van der Waals surface area contributed by atoms with Crippen molar-refractivity contribution in [3.05, 3.63) is 80.9 Å². The summed E-state index contributed by atoms with van der Waals surface area (Å²) in [7, 11) is 1.61. The van der Waals surface area contributed by atoms with Gasteiger partial charge in [0.25, 0.3) is 5.69 Å². The highest BCUT2D eigenvalue weighted by atomic mass is 35.5. The van der Waals surface area contributed by atoms with Gasteiger partial charge in [0.2, 0.25) is 0 Å². The number of hydrogen-bond donors (Lipinski definition) is 1. The third-order valence-corrected chi connectivity index (χ3v) is 7.53. The number of fused-ring (bicyclic) bond motifs is 1. The number of rotatable bonds is 10. The first-order valence-electron chi connectivity index (χ1n) is 12.5. The van der Waals surface area contributed by atoms with Crippen molar-refractivity contribution in [1.82, 2.24) is 9.80 Å². The summed E-state index contributed by atoms with van der Waals surface area (Å²) in [5.74, 6) is 0.656. The van der Waals surface area contributed by atoms with Gasteiger partial charge in [0, 0.05) is 56.7 Å². The number of ether oxygens (including phenoxy) is 1. The van der Waals surface area contributed by atoms with Crippen LogP contribution in [0.4, 0.5) is 5.69 Å². The van der Waals surface area contributed by atoms with E-state index in [-0.39, 0.29) is 10.6 Å². The number of methoxy groups -OCH3 is 1. The molecule has 0 aliphatic carbocycles. The number of hydrogen-bond acceptors (Lipinski definition) is 6. The number of benzene rings is 3. The Morgan fingerprint density at radius 2 is 1.75 bits per heavy atom. The SMILES string of the molecule is CCCCC(O)(Cc1ccc2c(Cl)c(OC)ccc2c1)N1CCN(Cc2ccc([N+](=O)[O-])cc2)CC1. The molecule has 1 unspecified atom stereocenters. The zero-order valence-electron chi connectivity index (χ0n) is 21.0. The highest BCUT2D eigenvalue weighted by Gasteiger charge is 2.36. The van der Waals surface area contributed by atoms with Crippen molar-refractivity contribution in [1.29, 1.82) is 0 Å². The molecule has 192 valence electrons. The van der Waals surface area contributed by atoms with Crippen LogP contribution in [0.25, 0.3) is 10.8 Å². The van der Waals surface area contributed by atoms with Crippen LogP contribution in [-0.2, 0) is 13.0 Å². The first kappa shape index (κ1) is 26.4. The molecule has 3 aromatic rings. The largest absolute Gasteiger partial charge is 0.495 e. The van der Waals surface area contributed by atoms with Crippen LogP contribution in [-0.4, -0.2) is 58.8 Å². The normalized spacial score (nSPS) is 16.7. The Morgan fingerprint density at radius 1 is 1.06 bits per heavy atom. The van der Waals surface area contributed by atoms with E-state index in [1.54, 1.807) is 19.2 Å². The molecule has 3 aromatic carbocycles. The maximum absolute atomic E-state index is 11.9. The molecule has 1 heterocycles. The number of nitrogens with zero attached hydrogens (tertiary/aromatic N) is 3. The number of nitro benzene ring substituents is 1. The lowest BCUT2D eigenvalue weighted by Gasteiger charge is -2.45. The van der Waals surface area contributed by atoms with Crippen molar-refractivity contribution in [3.8, 4) is 5.75 Å². The molecular formula is C28H34ClN3O4. The van der Waals surface area contributed by atoms with Crippen LogP contribution in [0.1, 0.15) is 37.3 Å². The Kier molecular flexibility index (Phi) is 8.46. The summed E-state index contributed by atoms with van der Waals surface area (Å²) in [4.78, 5) is 15.1. The smallest absolute Gasteiger partial charge is 0.269 e. The lowest BCUT2D eigenvalue weighted by atomic mass is 9.93. The van der Waals surface area contributed by atoms with Crippen molar-refractivity contribution in [2.24, 2.45) is 0 Å². The van der Waals surface area contributed by atoms with Crippen LogP contribution >= 0.6 is 11.6 Å². The molecule has 0 bridgehead atoms.